The molecule has 3 aliphatic rings. The summed E-state index contributed by atoms with van der Waals surface area (Å²) in [5, 5.41) is 6.19. The quantitative estimate of drug-likeness (QED) is 0.667. The molecule has 1 unspecified atom stereocenters. The van der Waals surface area contributed by atoms with Crippen molar-refractivity contribution in [1.29, 1.82) is 0 Å². The van der Waals surface area contributed by atoms with E-state index in [0.717, 1.165) is 25.2 Å². The lowest BCUT2D eigenvalue weighted by Crippen LogP contribution is -2.30. The van der Waals surface area contributed by atoms with Gasteiger partial charge in [-0.2, -0.15) is 13.2 Å². The summed E-state index contributed by atoms with van der Waals surface area (Å²) < 4.78 is 38.5. The fraction of sp³-hybridized carbons (Fsp3) is 0.667. The van der Waals surface area contributed by atoms with Gasteiger partial charge in [-0.15, -0.1) is 12.4 Å². The molecule has 1 atom stereocenters. The smallest absolute Gasteiger partial charge is 0.387 e. The van der Waals surface area contributed by atoms with Gasteiger partial charge < -0.3 is 10.6 Å². The van der Waals surface area contributed by atoms with Crippen LogP contribution in [0.15, 0.2) is 22.4 Å². The van der Waals surface area contributed by atoms with Crippen molar-refractivity contribution >= 4 is 12.4 Å². The van der Waals surface area contributed by atoms with Gasteiger partial charge >= 0.3 is 6.18 Å². The first kappa shape index (κ1) is 13.7. The van der Waals surface area contributed by atoms with Crippen LogP contribution in [-0.4, -0.2) is 25.8 Å². The monoisotopic (exact) mass is 280 g/mol. The molecule has 6 heteroatoms. The molecule has 0 radical (unpaired) electrons. The van der Waals surface area contributed by atoms with Crippen LogP contribution in [0.2, 0.25) is 0 Å². The third-order valence-corrected chi connectivity index (χ3v) is 3.96. The Morgan fingerprint density at radius 2 is 1.89 bits per heavy atom. The van der Waals surface area contributed by atoms with Crippen LogP contribution in [0.4, 0.5) is 13.2 Å². The van der Waals surface area contributed by atoms with E-state index in [1.807, 2.05) is 0 Å². The van der Waals surface area contributed by atoms with Crippen molar-refractivity contribution in [3.8, 4) is 0 Å². The fourth-order valence-electron chi connectivity index (χ4n) is 3.02. The first-order valence-corrected chi connectivity index (χ1v) is 5.98. The molecule has 0 saturated carbocycles. The number of halogens is 4. The second-order valence-corrected chi connectivity index (χ2v) is 4.97. The molecule has 102 valence electrons. The third kappa shape index (κ3) is 2.26. The molecule has 2 heterocycles. The largest absolute Gasteiger partial charge is 0.397 e. The number of rotatable bonds is 0. The molecule has 0 saturated heterocycles. The minimum Gasteiger partial charge on any atom is -0.387 e. The highest BCUT2D eigenvalue weighted by atomic mass is 35.5. The zero-order valence-electron chi connectivity index (χ0n) is 9.86. The maximum Gasteiger partial charge on any atom is 0.397 e. The van der Waals surface area contributed by atoms with Crippen molar-refractivity contribution < 1.29 is 13.2 Å². The lowest BCUT2D eigenvalue weighted by molar-refractivity contribution is -0.160. The average Bonchev–Trinajstić information content (AvgIpc) is 2.68. The SMILES string of the molecule is Cl.FC(F)(F)C1CNC2=C1CC1=C(CCNC1)C2. The second kappa shape index (κ2) is 4.78. The summed E-state index contributed by atoms with van der Waals surface area (Å²) in [5.41, 5.74) is 3.96. The van der Waals surface area contributed by atoms with Crippen LogP contribution < -0.4 is 10.6 Å². The number of hydrogen-bond acceptors (Lipinski definition) is 2. The molecule has 0 aromatic carbocycles. The molecule has 0 amide bonds. The number of nitrogens with one attached hydrogen (secondary N) is 2. The van der Waals surface area contributed by atoms with Crippen molar-refractivity contribution in [2.45, 2.75) is 25.4 Å². The number of allylic oxidation sites excluding steroid dienone is 1. The van der Waals surface area contributed by atoms with E-state index in [4.69, 9.17) is 0 Å². The molecule has 2 aliphatic heterocycles. The Kier molecular flexibility index (Phi) is 3.65. The Labute approximate surface area is 110 Å². The Morgan fingerprint density at radius 1 is 1.11 bits per heavy atom. The molecule has 0 aromatic rings. The van der Waals surface area contributed by atoms with Gasteiger partial charge in [0.25, 0.3) is 0 Å². The molecule has 2 nitrogen and oxygen atoms in total. The maximum atomic E-state index is 12.8. The predicted octanol–water partition coefficient (Wildman–Crippen LogP) is 2.53. The number of alkyl halides is 3. The third-order valence-electron chi connectivity index (χ3n) is 3.96. The van der Waals surface area contributed by atoms with E-state index in [2.05, 4.69) is 10.6 Å². The van der Waals surface area contributed by atoms with Crippen molar-refractivity contribution in [2.75, 3.05) is 19.6 Å². The Hall–Kier alpha value is -0.680. The highest BCUT2D eigenvalue weighted by Crippen LogP contribution is 2.43. The van der Waals surface area contributed by atoms with E-state index in [1.54, 1.807) is 0 Å². The molecule has 18 heavy (non-hydrogen) atoms. The summed E-state index contributed by atoms with van der Waals surface area (Å²) in [4.78, 5) is 0. The summed E-state index contributed by atoms with van der Waals surface area (Å²) in [7, 11) is 0. The Bertz CT molecular complexity index is 412. The molecular formula is C12H16ClF3N2. The standard InChI is InChI=1S/C12H15F3N2.ClH/c13-12(14,15)10-6-17-11-4-7-1-2-16-5-8(7)3-9(10)11;/h10,16-17H,1-6H2;1H. The van der Waals surface area contributed by atoms with Gasteiger partial charge in [-0.1, -0.05) is 11.1 Å². The van der Waals surface area contributed by atoms with Crippen LogP contribution in [0, 0.1) is 5.92 Å². The van der Waals surface area contributed by atoms with Crippen LogP contribution in [0.5, 0.6) is 0 Å². The summed E-state index contributed by atoms with van der Waals surface area (Å²) >= 11 is 0. The highest BCUT2D eigenvalue weighted by molar-refractivity contribution is 5.85. The topological polar surface area (TPSA) is 24.1 Å². The average molecular weight is 281 g/mol. The molecule has 0 aromatic heterocycles. The summed E-state index contributed by atoms with van der Waals surface area (Å²) in [6.07, 6.45) is -1.91. The van der Waals surface area contributed by atoms with Crippen molar-refractivity contribution in [3.63, 3.8) is 0 Å². The van der Waals surface area contributed by atoms with Gasteiger partial charge in [0.05, 0.1) is 5.92 Å². The lowest BCUT2D eigenvalue weighted by Gasteiger charge is -2.28. The number of hydrogen-bond donors (Lipinski definition) is 2. The molecule has 3 rings (SSSR count). The van der Waals surface area contributed by atoms with Gasteiger partial charge in [0.2, 0.25) is 0 Å². The van der Waals surface area contributed by atoms with Gasteiger partial charge in [0.1, 0.15) is 0 Å². The fourth-order valence-corrected chi connectivity index (χ4v) is 3.02. The van der Waals surface area contributed by atoms with Crippen LogP contribution in [0.3, 0.4) is 0 Å². The first-order valence-electron chi connectivity index (χ1n) is 5.98. The van der Waals surface area contributed by atoms with E-state index < -0.39 is 12.1 Å². The van der Waals surface area contributed by atoms with E-state index in [9.17, 15) is 13.2 Å². The molecular weight excluding hydrogens is 265 g/mol. The zero-order valence-corrected chi connectivity index (χ0v) is 10.7. The van der Waals surface area contributed by atoms with E-state index >= 15 is 0 Å². The highest BCUT2D eigenvalue weighted by Gasteiger charge is 2.46. The van der Waals surface area contributed by atoms with Crippen LogP contribution in [-0.2, 0) is 0 Å². The maximum absolute atomic E-state index is 12.8. The Balaban J connectivity index is 0.00000120. The minimum atomic E-state index is -4.11. The van der Waals surface area contributed by atoms with Crippen LogP contribution >= 0.6 is 12.4 Å². The molecule has 1 aliphatic carbocycles. The van der Waals surface area contributed by atoms with Crippen LogP contribution in [0.25, 0.3) is 0 Å². The summed E-state index contributed by atoms with van der Waals surface area (Å²) in [5.74, 6) is -1.27. The first-order chi connectivity index (χ1) is 8.05. The predicted molar refractivity (Wildman–Crippen MR) is 65.6 cm³/mol. The minimum absolute atomic E-state index is 0. The molecule has 0 bridgehead atoms. The van der Waals surface area contributed by atoms with E-state index in [0.29, 0.717) is 18.4 Å². The molecule has 2 N–H and O–H groups in total. The van der Waals surface area contributed by atoms with Gasteiger partial charge in [0, 0.05) is 25.2 Å². The summed E-state index contributed by atoms with van der Waals surface area (Å²) in [6.45, 7) is 1.74. The van der Waals surface area contributed by atoms with E-state index in [-0.39, 0.29) is 19.0 Å². The van der Waals surface area contributed by atoms with E-state index in [1.165, 1.54) is 11.1 Å². The lowest BCUT2D eigenvalue weighted by atomic mass is 9.83. The zero-order chi connectivity index (χ0) is 12.0. The van der Waals surface area contributed by atoms with Crippen LogP contribution in [0.1, 0.15) is 19.3 Å². The normalized spacial score (nSPS) is 27.4. The second-order valence-electron chi connectivity index (χ2n) is 4.97. The Morgan fingerprint density at radius 3 is 2.61 bits per heavy atom. The summed E-state index contributed by atoms with van der Waals surface area (Å²) in [6, 6.07) is 0. The van der Waals surface area contributed by atoms with Gasteiger partial charge in [-0.25, -0.2) is 0 Å². The van der Waals surface area contributed by atoms with Gasteiger partial charge in [-0.3, -0.25) is 0 Å². The molecule has 0 spiro atoms. The van der Waals surface area contributed by atoms with Gasteiger partial charge in [0.15, 0.2) is 0 Å². The van der Waals surface area contributed by atoms with Crippen molar-refractivity contribution in [1.82, 2.24) is 10.6 Å². The van der Waals surface area contributed by atoms with Crippen molar-refractivity contribution in [2.24, 2.45) is 5.92 Å². The van der Waals surface area contributed by atoms with Crippen molar-refractivity contribution in [3.05, 3.63) is 22.4 Å². The van der Waals surface area contributed by atoms with Gasteiger partial charge in [-0.05, 0) is 25.0 Å². The molecule has 0 fully saturated rings.